The van der Waals surface area contributed by atoms with Crippen LogP contribution in [0.1, 0.15) is 26.2 Å². The highest BCUT2D eigenvalue weighted by Gasteiger charge is 2.34. The van der Waals surface area contributed by atoms with Crippen molar-refractivity contribution in [2.45, 2.75) is 38.3 Å². The molecule has 12 heavy (non-hydrogen) atoms. The summed E-state index contributed by atoms with van der Waals surface area (Å²) in [6.07, 6.45) is 4.29. The van der Waals surface area contributed by atoms with E-state index >= 15 is 0 Å². The molecule has 2 aliphatic rings. The summed E-state index contributed by atoms with van der Waals surface area (Å²) in [4.78, 5) is 5.17. The van der Waals surface area contributed by atoms with Crippen LogP contribution in [0, 0.1) is 0 Å². The van der Waals surface area contributed by atoms with Crippen molar-refractivity contribution < 1.29 is 0 Å². The van der Waals surface area contributed by atoms with E-state index in [4.69, 9.17) is 0 Å². The summed E-state index contributed by atoms with van der Waals surface area (Å²) in [6, 6.07) is 1.82. The Balaban J connectivity index is 1.88. The van der Waals surface area contributed by atoms with Gasteiger partial charge in [-0.15, -0.1) is 0 Å². The zero-order valence-corrected chi connectivity index (χ0v) is 8.29. The molecule has 1 saturated heterocycles. The molecule has 0 aromatic rings. The molecule has 0 N–H and O–H groups in total. The molecule has 0 aromatic carbocycles. The van der Waals surface area contributed by atoms with E-state index in [1.165, 1.54) is 38.9 Å². The molecule has 1 aliphatic carbocycles. The Labute approximate surface area is 75.5 Å². The minimum atomic E-state index is 0.868. The van der Waals surface area contributed by atoms with Crippen LogP contribution in [0.3, 0.4) is 0 Å². The van der Waals surface area contributed by atoms with E-state index < -0.39 is 0 Å². The van der Waals surface area contributed by atoms with Crippen molar-refractivity contribution >= 4 is 0 Å². The van der Waals surface area contributed by atoms with Gasteiger partial charge >= 0.3 is 0 Å². The zero-order chi connectivity index (χ0) is 8.55. The fourth-order valence-electron chi connectivity index (χ4n) is 2.40. The van der Waals surface area contributed by atoms with Gasteiger partial charge < -0.3 is 4.90 Å². The second kappa shape index (κ2) is 3.35. The quantitative estimate of drug-likeness (QED) is 0.624. The van der Waals surface area contributed by atoms with Crippen LogP contribution in [0.2, 0.25) is 0 Å². The minimum absolute atomic E-state index is 0.868. The van der Waals surface area contributed by atoms with E-state index in [-0.39, 0.29) is 0 Å². The van der Waals surface area contributed by atoms with Gasteiger partial charge in [0.1, 0.15) is 0 Å². The predicted octanol–water partition coefficient (Wildman–Crippen LogP) is 1.17. The molecule has 0 amide bonds. The lowest BCUT2D eigenvalue weighted by Gasteiger charge is -2.27. The Hall–Kier alpha value is -0.0800. The maximum absolute atomic E-state index is 2.71. The fraction of sp³-hybridized carbons (Fsp3) is 1.00. The Morgan fingerprint density at radius 1 is 1.25 bits per heavy atom. The van der Waals surface area contributed by atoms with Gasteiger partial charge in [0.25, 0.3) is 0 Å². The second-order valence-electron chi connectivity index (χ2n) is 4.27. The van der Waals surface area contributed by atoms with Crippen LogP contribution in [-0.2, 0) is 0 Å². The first-order valence-corrected chi connectivity index (χ1v) is 5.25. The van der Waals surface area contributed by atoms with Crippen LogP contribution in [0.25, 0.3) is 0 Å². The van der Waals surface area contributed by atoms with Crippen LogP contribution in [0.15, 0.2) is 0 Å². The number of hydrogen-bond acceptors (Lipinski definition) is 2. The molecule has 1 saturated carbocycles. The molecular formula is C10H20N2. The normalized spacial score (nSPS) is 31.8. The van der Waals surface area contributed by atoms with Crippen LogP contribution in [0.4, 0.5) is 0 Å². The lowest BCUT2D eigenvalue weighted by atomic mass is 10.2. The SMILES string of the molecule is CCN(C1CC1)C1CCN(C)C1. The minimum Gasteiger partial charge on any atom is -0.305 e. The van der Waals surface area contributed by atoms with E-state index in [0.717, 1.165) is 12.1 Å². The van der Waals surface area contributed by atoms with Crippen LogP contribution in [0.5, 0.6) is 0 Å². The maximum atomic E-state index is 2.71. The predicted molar refractivity (Wildman–Crippen MR) is 51.3 cm³/mol. The molecule has 1 atom stereocenters. The molecule has 2 rings (SSSR count). The van der Waals surface area contributed by atoms with Gasteiger partial charge in [-0.2, -0.15) is 0 Å². The van der Waals surface area contributed by atoms with Gasteiger partial charge in [-0.3, -0.25) is 4.90 Å². The van der Waals surface area contributed by atoms with Crippen molar-refractivity contribution in [3.8, 4) is 0 Å². The van der Waals surface area contributed by atoms with Crippen molar-refractivity contribution in [3.63, 3.8) is 0 Å². The van der Waals surface area contributed by atoms with Crippen LogP contribution >= 0.6 is 0 Å². The van der Waals surface area contributed by atoms with E-state index in [2.05, 4.69) is 23.8 Å². The molecule has 0 aromatic heterocycles. The Bertz CT molecular complexity index is 154. The summed E-state index contributed by atoms with van der Waals surface area (Å²) >= 11 is 0. The average molecular weight is 168 g/mol. The summed E-state index contributed by atoms with van der Waals surface area (Å²) in [5, 5.41) is 0. The Morgan fingerprint density at radius 3 is 2.42 bits per heavy atom. The topological polar surface area (TPSA) is 6.48 Å². The van der Waals surface area contributed by atoms with Gasteiger partial charge in [-0.05, 0) is 39.4 Å². The van der Waals surface area contributed by atoms with Crippen molar-refractivity contribution in [3.05, 3.63) is 0 Å². The van der Waals surface area contributed by atoms with E-state index in [1.807, 2.05) is 0 Å². The van der Waals surface area contributed by atoms with Crippen LogP contribution in [-0.4, -0.2) is 48.6 Å². The number of rotatable bonds is 3. The first-order chi connectivity index (χ1) is 5.81. The van der Waals surface area contributed by atoms with Gasteiger partial charge in [-0.1, -0.05) is 6.92 Å². The van der Waals surface area contributed by atoms with Gasteiger partial charge in [0.05, 0.1) is 0 Å². The number of likely N-dealkylation sites (N-methyl/N-ethyl adjacent to an activating group) is 2. The standard InChI is InChI=1S/C10H20N2/c1-3-12(9-4-5-9)10-6-7-11(2)8-10/h9-10H,3-8H2,1-2H3. The molecule has 0 bridgehead atoms. The van der Waals surface area contributed by atoms with Crippen LogP contribution < -0.4 is 0 Å². The molecule has 2 nitrogen and oxygen atoms in total. The summed E-state index contributed by atoms with van der Waals surface area (Å²) in [7, 11) is 2.24. The Kier molecular flexibility index (Phi) is 2.37. The molecule has 70 valence electrons. The monoisotopic (exact) mass is 168 g/mol. The lowest BCUT2D eigenvalue weighted by molar-refractivity contribution is 0.198. The van der Waals surface area contributed by atoms with E-state index in [9.17, 15) is 0 Å². The molecule has 2 fully saturated rings. The second-order valence-corrected chi connectivity index (χ2v) is 4.27. The first-order valence-electron chi connectivity index (χ1n) is 5.25. The van der Waals surface area contributed by atoms with E-state index in [1.54, 1.807) is 0 Å². The highest BCUT2D eigenvalue weighted by Crippen LogP contribution is 2.30. The third-order valence-electron chi connectivity index (χ3n) is 3.22. The fourth-order valence-corrected chi connectivity index (χ4v) is 2.40. The number of likely N-dealkylation sites (tertiary alicyclic amines) is 1. The molecule has 0 spiro atoms. The van der Waals surface area contributed by atoms with Gasteiger partial charge in [0.15, 0.2) is 0 Å². The Morgan fingerprint density at radius 2 is 2.00 bits per heavy atom. The van der Waals surface area contributed by atoms with E-state index in [0.29, 0.717) is 0 Å². The van der Waals surface area contributed by atoms with Gasteiger partial charge in [-0.25, -0.2) is 0 Å². The lowest BCUT2D eigenvalue weighted by Crippen LogP contribution is -2.38. The molecular weight excluding hydrogens is 148 g/mol. The smallest absolute Gasteiger partial charge is 0.0238 e. The van der Waals surface area contributed by atoms with Gasteiger partial charge in [0, 0.05) is 18.6 Å². The maximum Gasteiger partial charge on any atom is 0.0238 e. The van der Waals surface area contributed by atoms with Crippen molar-refractivity contribution in [1.29, 1.82) is 0 Å². The average Bonchev–Trinajstić information content (AvgIpc) is 2.78. The summed E-state index contributed by atoms with van der Waals surface area (Å²) in [5.41, 5.74) is 0. The molecule has 1 unspecified atom stereocenters. The first kappa shape index (κ1) is 8.52. The summed E-state index contributed by atoms with van der Waals surface area (Å²) < 4.78 is 0. The van der Waals surface area contributed by atoms with Gasteiger partial charge in [0.2, 0.25) is 0 Å². The largest absolute Gasteiger partial charge is 0.305 e. The van der Waals surface area contributed by atoms with Crippen molar-refractivity contribution in [2.24, 2.45) is 0 Å². The van der Waals surface area contributed by atoms with Crippen molar-refractivity contribution in [2.75, 3.05) is 26.7 Å². The number of hydrogen-bond donors (Lipinski definition) is 0. The molecule has 0 radical (unpaired) electrons. The third kappa shape index (κ3) is 1.64. The summed E-state index contributed by atoms with van der Waals surface area (Å²) in [5.74, 6) is 0. The third-order valence-corrected chi connectivity index (χ3v) is 3.22. The molecule has 2 heteroatoms. The summed E-state index contributed by atoms with van der Waals surface area (Å²) in [6.45, 7) is 6.15. The molecule has 1 heterocycles. The number of nitrogens with zero attached hydrogens (tertiary/aromatic N) is 2. The molecule has 1 aliphatic heterocycles. The highest BCUT2D eigenvalue weighted by atomic mass is 15.3. The zero-order valence-electron chi connectivity index (χ0n) is 8.29. The van der Waals surface area contributed by atoms with Crippen molar-refractivity contribution in [1.82, 2.24) is 9.80 Å². The highest BCUT2D eigenvalue weighted by molar-refractivity contribution is 4.91.